The van der Waals surface area contributed by atoms with Crippen molar-refractivity contribution in [3.8, 4) is 0 Å². The van der Waals surface area contributed by atoms with E-state index in [9.17, 15) is 4.79 Å². The average Bonchev–Trinajstić information content (AvgIpc) is 3.32. The lowest BCUT2D eigenvalue weighted by molar-refractivity contribution is 0.0467. The van der Waals surface area contributed by atoms with Crippen LogP contribution in [0, 0.1) is 6.92 Å². The number of aromatic nitrogens is 3. The van der Waals surface area contributed by atoms with Gasteiger partial charge in [-0.25, -0.2) is 4.79 Å². The van der Waals surface area contributed by atoms with Crippen molar-refractivity contribution in [1.82, 2.24) is 14.6 Å². The predicted molar refractivity (Wildman–Crippen MR) is 104 cm³/mol. The molecule has 0 radical (unpaired) electrons. The smallest absolute Gasteiger partial charge is 0.374 e. The zero-order valence-corrected chi connectivity index (χ0v) is 16.0. The maximum Gasteiger partial charge on any atom is 0.374 e. The zero-order valence-electron chi connectivity index (χ0n) is 15.1. The molecule has 0 aliphatic carbocycles. The summed E-state index contributed by atoms with van der Waals surface area (Å²) in [6.45, 7) is 4.42. The second kappa shape index (κ2) is 7.44. The molecule has 1 aromatic carbocycles. The third kappa shape index (κ3) is 3.42. The van der Waals surface area contributed by atoms with Gasteiger partial charge in [0.05, 0.1) is 17.9 Å². The molecule has 0 bridgehead atoms. The molecule has 7 heteroatoms. The summed E-state index contributed by atoms with van der Waals surface area (Å²) in [6, 6.07) is 13.7. The first-order valence-electron chi connectivity index (χ1n) is 8.79. The summed E-state index contributed by atoms with van der Waals surface area (Å²) in [5, 5.41) is 10.6. The first-order valence-corrected chi connectivity index (χ1v) is 9.78. The monoisotopic (exact) mass is 381 g/mol. The van der Waals surface area contributed by atoms with Crippen molar-refractivity contribution >= 4 is 34.3 Å². The van der Waals surface area contributed by atoms with Gasteiger partial charge in [-0.1, -0.05) is 36.9 Å². The number of hydrogen-bond donors (Lipinski definition) is 0. The molecule has 0 saturated heterocycles. The van der Waals surface area contributed by atoms with Crippen LogP contribution in [-0.4, -0.2) is 27.2 Å². The van der Waals surface area contributed by atoms with E-state index in [4.69, 9.17) is 9.15 Å². The third-order valence-electron chi connectivity index (χ3n) is 4.22. The molecule has 0 fully saturated rings. The van der Waals surface area contributed by atoms with Crippen molar-refractivity contribution in [2.45, 2.75) is 31.2 Å². The fourth-order valence-corrected chi connectivity index (χ4v) is 3.78. The molecular formula is C20H19N3O3S. The second-order valence-electron chi connectivity index (χ2n) is 6.21. The summed E-state index contributed by atoms with van der Waals surface area (Å²) in [4.78, 5) is 11.9. The Balaban J connectivity index is 1.57. The largest absolute Gasteiger partial charge is 0.460 e. The van der Waals surface area contributed by atoms with Crippen molar-refractivity contribution in [3.63, 3.8) is 0 Å². The zero-order chi connectivity index (χ0) is 18.8. The number of carbonyl (C=O) groups excluding carboxylic acids is 1. The Morgan fingerprint density at radius 3 is 2.93 bits per heavy atom. The SMILES string of the molecule is CCCOC(=O)c1ccc(CSc2nnc3cc(C)c4ccccc4n23)o1. The lowest BCUT2D eigenvalue weighted by Gasteiger charge is -2.06. The molecule has 0 atom stereocenters. The summed E-state index contributed by atoms with van der Waals surface area (Å²) in [6.07, 6.45) is 0.780. The van der Waals surface area contributed by atoms with Crippen LogP contribution in [0.5, 0.6) is 0 Å². The van der Waals surface area contributed by atoms with E-state index >= 15 is 0 Å². The number of pyridine rings is 1. The number of aryl methyl sites for hydroxylation is 1. The standard InChI is InChI=1S/C20H19N3O3S/c1-3-10-25-19(24)17-9-8-14(26-17)12-27-20-22-21-18-11-13(2)15-6-4-5-7-16(15)23(18)20/h4-9,11H,3,10,12H2,1-2H3. The van der Waals surface area contributed by atoms with Gasteiger partial charge in [0.15, 0.2) is 10.8 Å². The second-order valence-corrected chi connectivity index (χ2v) is 7.15. The number of para-hydroxylation sites is 1. The van der Waals surface area contributed by atoms with Gasteiger partial charge in [0.25, 0.3) is 0 Å². The first kappa shape index (κ1) is 17.6. The van der Waals surface area contributed by atoms with Gasteiger partial charge in [0.2, 0.25) is 5.76 Å². The fraction of sp³-hybridized carbons (Fsp3) is 0.250. The van der Waals surface area contributed by atoms with Gasteiger partial charge in [-0.3, -0.25) is 4.40 Å². The van der Waals surface area contributed by atoms with Crippen LogP contribution in [-0.2, 0) is 10.5 Å². The molecule has 0 aliphatic heterocycles. The maximum absolute atomic E-state index is 11.9. The highest BCUT2D eigenvalue weighted by Crippen LogP contribution is 2.28. The van der Waals surface area contributed by atoms with Gasteiger partial charge in [-0.15, -0.1) is 10.2 Å². The quantitative estimate of drug-likeness (QED) is 0.358. The van der Waals surface area contributed by atoms with E-state index in [0.717, 1.165) is 22.7 Å². The number of rotatable bonds is 6. The van der Waals surface area contributed by atoms with Gasteiger partial charge >= 0.3 is 5.97 Å². The van der Waals surface area contributed by atoms with E-state index in [1.165, 1.54) is 22.7 Å². The number of hydrogen-bond acceptors (Lipinski definition) is 6. The summed E-state index contributed by atoms with van der Waals surface area (Å²) < 4.78 is 12.7. The highest BCUT2D eigenvalue weighted by atomic mass is 32.2. The third-order valence-corrected chi connectivity index (χ3v) is 5.17. The van der Waals surface area contributed by atoms with Crippen molar-refractivity contribution in [2.24, 2.45) is 0 Å². The van der Waals surface area contributed by atoms with Gasteiger partial charge < -0.3 is 9.15 Å². The maximum atomic E-state index is 11.9. The van der Waals surface area contributed by atoms with Crippen LogP contribution >= 0.6 is 11.8 Å². The van der Waals surface area contributed by atoms with Crippen LogP contribution in [0.4, 0.5) is 0 Å². The minimum atomic E-state index is -0.428. The predicted octanol–water partition coefficient (Wildman–Crippen LogP) is 4.64. The molecule has 4 aromatic rings. The molecule has 27 heavy (non-hydrogen) atoms. The van der Waals surface area contributed by atoms with Crippen LogP contribution in [0.2, 0.25) is 0 Å². The highest BCUT2D eigenvalue weighted by molar-refractivity contribution is 7.98. The molecule has 0 amide bonds. The van der Waals surface area contributed by atoms with Gasteiger partial charge in [-0.2, -0.15) is 0 Å². The molecule has 0 saturated carbocycles. The molecule has 3 aromatic heterocycles. The van der Waals surface area contributed by atoms with Crippen LogP contribution in [0.15, 0.2) is 52.0 Å². The van der Waals surface area contributed by atoms with E-state index in [1.54, 1.807) is 12.1 Å². The molecule has 0 aliphatic rings. The van der Waals surface area contributed by atoms with Crippen LogP contribution in [0.25, 0.3) is 16.6 Å². The minimum Gasteiger partial charge on any atom is -0.460 e. The number of nitrogens with zero attached hydrogens (tertiary/aromatic N) is 3. The van der Waals surface area contributed by atoms with E-state index in [1.807, 2.05) is 29.5 Å². The summed E-state index contributed by atoms with van der Waals surface area (Å²) in [5.74, 6) is 1.04. The van der Waals surface area contributed by atoms with Crippen LogP contribution in [0.3, 0.4) is 0 Å². The normalized spacial score (nSPS) is 11.3. The molecule has 0 unspecified atom stereocenters. The Kier molecular flexibility index (Phi) is 4.85. The number of carbonyl (C=O) groups is 1. The molecule has 3 heterocycles. The Morgan fingerprint density at radius 1 is 1.22 bits per heavy atom. The molecule has 6 nitrogen and oxygen atoms in total. The number of furan rings is 1. The molecule has 0 spiro atoms. The minimum absolute atomic E-state index is 0.228. The van der Waals surface area contributed by atoms with Crippen molar-refractivity contribution < 1.29 is 13.9 Å². The number of thioether (sulfide) groups is 1. The molecule has 4 rings (SSSR count). The molecular weight excluding hydrogens is 362 g/mol. The van der Waals surface area contributed by atoms with Crippen molar-refractivity contribution in [1.29, 1.82) is 0 Å². The van der Waals surface area contributed by atoms with E-state index in [2.05, 4.69) is 29.3 Å². The van der Waals surface area contributed by atoms with E-state index in [0.29, 0.717) is 18.1 Å². The summed E-state index contributed by atoms with van der Waals surface area (Å²) in [5.41, 5.74) is 3.06. The van der Waals surface area contributed by atoms with E-state index < -0.39 is 5.97 Å². The first-order chi connectivity index (χ1) is 13.2. The summed E-state index contributed by atoms with van der Waals surface area (Å²) >= 11 is 1.52. The van der Waals surface area contributed by atoms with Gasteiger partial charge in [-0.05, 0) is 43.2 Å². The van der Waals surface area contributed by atoms with Gasteiger partial charge in [0, 0.05) is 5.39 Å². The Morgan fingerprint density at radius 2 is 2.07 bits per heavy atom. The molecule has 138 valence electrons. The molecule has 0 N–H and O–H groups in total. The lowest BCUT2D eigenvalue weighted by Crippen LogP contribution is -2.04. The lowest BCUT2D eigenvalue weighted by atomic mass is 10.1. The van der Waals surface area contributed by atoms with Gasteiger partial charge in [0.1, 0.15) is 5.76 Å². The van der Waals surface area contributed by atoms with Crippen LogP contribution < -0.4 is 0 Å². The summed E-state index contributed by atoms with van der Waals surface area (Å²) in [7, 11) is 0. The van der Waals surface area contributed by atoms with E-state index in [-0.39, 0.29) is 5.76 Å². The Labute approximate surface area is 160 Å². The highest BCUT2D eigenvalue weighted by Gasteiger charge is 2.15. The number of benzene rings is 1. The topological polar surface area (TPSA) is 69.6 Å². The number of fused-ring (bicyclic) bond motifs is 3. The van der Waals surface area contributed by atoms with Crippen LogP contribution in [0.1, 0.15) is 35.2 Å². The van der Waals surface area contributed by atoms with Crippen molar-refractivity contribution in [2.75, 3.05) is 6.61 Å². The average molecular weight is 381 g/mol. The fourth-order valence-electron chi connectivity index (χ4n) is 2.93. The number of esters is 1. The Hall–Kier alpha value is -2.80. The number of ether oxygens (including phenoxy) is 1. The Bertz CT molecular complexity index is 1120. The van der Waals surface area contributed by atoms with Crippen molar-refractivity contribution in [3.05, 3.63) is 59.5 Å².